The Morgan fingerprint density at radius 1 is 1.71 bits per heavy atom. The zero-order chi connectivity index (χ0) is 5.70. The van der Waals surface area contributed by atoms with E-state index in [9.17, 15) is 0 Å². The van der Waals surface area contributed by atoms with Crippen LogP contribution < -0.4 is 0 Å². The van der Waals surface area contributed by atoms with Crippen molar-refractivity contribution in [3.63, 3.8) is 0 Å². The van der Waals surface area contributed by atoms with E-state index in [1.165, 1.54) is 0 Å². The largest absolute Gasteiger partial charge is 0.154 e. The van der Waals surface area contributed by atoms with Crippen LogP contribution in [0.4, 0.5) is 0 Å². The average molecular weight is 154 g/mol. The van der Waals surface area contributed by atoms with Crippen LogP contribution in [-0.2, 0) is 20.6 Å². The molecule has 0 N–H and O–H groups in total. The van der Waals surface area contributed by atoms with Gasteiger partial charge in [0.2, 0.25) is 0 Å². The Labute approximate surface area is 56.7 Å². The molecule has 0 aliphatic rings. The lowest BCUT2D eigenvalue weighted by molar-refractivity contribution is 1.52. The maximum absolute atomic E-state index is 5.04. The fourth-order valence-electron chi connectivity index (χ4n) is 0.215. The van der Waals surface area contributed by atoms with E-state index >= 15 is 0 Å². The Morgan fingerprint density at radius 3 is 2.43 bits per heavy atom. The molecule has 1 atom stereocenters. The standard InChI is InChI=1S/C4H10S3/c1-3-7(5)4-6-2/h3-4H2,1-2H3. The van der Waals surface area contributed by atoms with Gasteiger partial charge >= 0.3 is 0 Å². The first-order valence-corrected chi connectivity index (χ1v) is 6.03. The summed E-state index contributed by atoms with van der Waals surface area (Å²) in [5.41, 5.74) is 0. The molecule has 0 aromatic heterocycles. The van der Waals surface area contributed by atoms with Crippen LogP contribution in [0.5, 0.6) is 0 Å². The summed E-state index contributed by atoms with van der Waals surface area (Å²) in [5.74, 6) is 1.16. The van der Waals surface area contributed by atoms with Gasteiger partial charge in [0.05, 0.1) is 0 Å². The van der Waals surface area contributed by atoms with E-state index in [0.29, 0.717) is 0 Å². The van der Waals surface area contributed by atoms with Crippen molar-refractivity contribution in [1.29, 1.82) is 0 Å². The van der Waals surface area contributed by atoms with Crippen LogP contribution >= 0.6 is 11.8 Å². The van der Waals surface area contributed by atoms with Gasteiger partial charge in [0.25, 0.3) is 0 Å². The minimum absolute atomic E-state index is 0.269. The Hall–Kier alpha value is 0.920. The summed E-state index contributed by atoms with van der Waals surface area (Å²) >= 11 is 6.89. The van der Waals surface area contributed by atoms with Gasteiger partial charge in [0, 0.05) is 5.08 Å². The molecule has 0 heterocycles. The summed E-state index contributed by atoms with van der Waals surface area (Å²) in [4.78, 5) is 0. The molecular formula is C4H10S3. The quantitative estimate of drug-likeness (QED) is 0.603. The van der Waals surface area contributed by atoms with Crippen LogP contribution in [0.3, 0.4) is 0 Å². The first-order valence-electron chi connectivity index (χ1n) is 2.15. The van der Waals surface area contributed by atoms with Gasteiger partial charge in [0.15, 0.2) is 0 Å². The van der Waals surface area contributed by atoms with E-state index in [1.54, 1.807) is 0 Å². The molecule has 0 saturated heterocycles. The van der Waals surface area contributed by atoms with E-state index in [4.69, 9.17) is 11.2 Å². The van der Waals surface area contributed by atoms with Crippen molar-refractivity contribution in [2.24, 2.45) is 0 Å². The average Bonchev–Trinajstić information content (AvgIpc) is 1.68. The molecule has 3 heteroatoms. The zero-order valence-electron chi connectivity index (χ0n) is 4.64. The Kier molecular flexibility index (Phi) is 5.73. The third-order valence-electron chi connectivity index (χ3n) is 0.571. The highest BCUT2D eigenvalue weighted by molar-refractivity contribution is 8.33. The van der Waals surface area contributed by atoms with Gasteiger partial charge in [-0.25, -0.2) is 0 Å². The molecule has 0 aromatic rings. The third-order valence-corrected chi connectivity index (χ3v) is 4.78. The SMILES string of the molecule is CCS(=S)CSC. The van der Waals surface area contributed by atoms with Crippen molar-refractivity contribution in [2.45, 2.75) is 6.92 Å². The molecule has 0 fully saturated rings. The second-order valence-corrected chi connectivity index (χ2v) is 5.53. The Bertz CT molecular complexity index is 60.0. The van der Waals surface area contributed by atoms with Gasteiger partial charge in [-0.3, -0.25) is 0 Å². The minimum Gasteiger partial charge on any atom is -0.154 e. The highest BCUT2D eigenvalue weighted by Crippen LogP contribution is 1.95. The number of hydrogen-bond acceptors (Lipinski definition) is 2. The lowest BCUT2D eigenvalue weighted by atomic mass is 11.0. The molecule has 0 radical (unpaired) electrons. The fraction of sp³-hybridized carbons (Fsp3) is 1.00. The fourth-order valence-corrected chi connectivity index (χ4v) is 2.80. The summed E-state index contributed by atoms with van der Waals surface area (Å²) < 4.78 is 0. The monoisotopic (exact) mass is 154 g/mol. The van der Waals surface area contributed by atoms with E-state index in [0.717, 1.165) is 10.8 Å². The van der Waals surface area contributed by atoms with Gasteiger partial charge in [0.1, 0.15) is 0 Å². The van der Waals surface area contributed by atoms with Gasteiger partial charge in [-0.1, -0.05) is 18.1 Å². The van der Waals surface area contributed by atoms with E-state index < -0.39 is 0 Å². The molecule has 0 amide bonds. The van der Waals surface area contributed by atoms with Gasteiger partial charge < -0.3 is 0 Å². The normalized spacial score (nSPS) is 14.0. The highest BCUT2D eigenvalue weighted by atomic mass is 32.8. The first kappa shape index (κ1) is 7.92. The summed E-state index contributed by atoms with van der Waals surface area (Å²) in [6.07, 6.45) is 2.10. The van der Waals surface area contributed by atoms with Crippen molar-refractivity contribution < 1.29 is 0 Å². The minimum atomic E-state index is 0.269. The van der Waals surface area contributed by atoms with Gasteiger partial charge in [-0.05, 0) is 12.0 Å². The van der Waals surface area contributed by atoms with Crippen LogP contribution in [-0.4, -0.2) is 17.1 Å². The second-order valence-electron chi connectivity index (χ2n) is 1.14. The van der Waals surface area contributed by atoms with Crippen molar-refractivity contribution in [2.75, 3.05) is 17.1 Å². The molecule has 0 saturated carbocycles. The Balaban J connectivity index is 3.00. The molecule has 0 bridgehead atoms. The van der Waals surface area contributed by atoms with E-state index in [-0.39, 0.29) is 9.45 Å². The number of thioether (sulfide) groups is 1. The predicted octanol–water partition coefficient (Wildman–Crippen LogP) is 1.41. The van der Waals surface area contributed by atoms with Crippen LogP contribution in [0.15, 0.2) is 0 Å². The molecule has 7 heavy (non-hydrogen) atoms. The molecular weight excluding hydrogens is 144 g/mol. The third kappa shape index (κ3) is 4.78. The van der Waals surface area contributed by atoms with Crippen molar-refractivity contribution in [1.82, 2.24) is 0 Å². The predicted molar refractivity (Wildman–Crippen MR) is 43.7 cm³/mol. The first-order chi connectivity index (χ1) is 3.31. The smallest absolute Gasteiger partial charge is 0.0435 e. The molecule has 0 aliphatic heterocycles. The van der Waals surface area contributed by atoms with Crippen molar-refractivity contribution in [3.05, 3.63) is 0 Å². The number of rotatable bonds is 3. The van der Waals surface area contributed by atoms with E-state index in [1.807, 2.05) is 11.8 Å². The highest BCUT2D eigenvalue weighted by Gasteiger charge is 1.83. The van der Waals surface area contributed by atoms with Gasteiger partial charge in [-0.2, -0.15) is 11.8 Å². The molecule has 0 aliphatic carbocycles. The maximum Gasteiger partial charge on any atom is 0.0435 e. The van der Waals surface area contributed by atoms with Crippen molar-refractivity contribution in [3.8, 4) is 0 Å². The van der Waals surface area contributed by atoms with Gasteiger partial charge in [-0.15, -0.1) is 9.45 Å². The molecule has 0 spiro atoms. The van der Waals surface area contributed by atoms with Crippen molar-refractivity contribution >= 4 is 32.4 Å². The summed E-state index contributed by atoms with van der Waals surface area (Å²) in [5, 5.41) is 1.16. The Morgan fingerprint density at radius 2 is 2.29 bits per heavy atom. The second kappa shape index (κ2) is 5.06. The summed E-state index contributed by atoms with van der Waals surface area (Å²) in [6, 6.07) is 0. The topological polar surface area (TPSA) is 0 Å². The molecule has 1 unspecified atom stereocenters. The van der Waals surface area contributed by atoms with Crippen LogP contribution in [0.25, 0.3) is 0 Å². The lowest BCUT2D eigenvalue weighted by Crippen LogP contribution is -1.91. The van der Waals surface area contributed by atoms with Crippen LogP contribution in [0.2, 0.25) is 0 Å². The van der Waals surface area contributed by atoms with Crippen LogP contribution in [0, 0.1) is 0 Å². The summed E-state index contributed by atoms with van der Waals surface area (Å²) in [7, 11) is 0.269. The number of hydrogen-bond donors (Lipinski definition) is 0. The lowest BCUT2D eigenvalue weighted by Gasteiger charge is -1.93. The van der Waals surface area contributed by atoms with Crippen LogP contribution in [0.1, 0.15) is 6.92 Å². The molecule has 0 nitrogen and oxygen atoms in total. The molecule has 44 valence electrons. The zero-order valence-corrected chi connectivity index (χ0v) is 7.09. The molecule has 0 aromatic carbocycles. The maximum atomic E-state index is 5.04. The van der Waals surface area contributed by atoms with E-state index in [2.05, 4.69) is 13.2 Å². The molecule has 0 rings (SSSR count). The summed E-state index contributed by atoms with van der Waals surface area (Å²) in [6.45, 7) is 2.15.